The Morgan fingerprint density at radius 1 is 1.64 bits per heavy atom. The van der Waals surface area contributed by atoms with Gasteiger partial charge in [0.25, 0.3) is 5.69 Å². The molecule has 6 heteroatoms. The van der Waals surface area contributed by atoms with Crippen molar-refractivity contribution >= 4 is 18.3 Å². The summed E-state index contributed by atoms with van der Waals surface area (Å²) in [6.45, 7) is 3.27. The van der Waals surface area contributed by atoms with Crippen LogP contribution in [0.25, 0.3) is 0 Å². The maximum atomic E-state index is 10.4. The van der Waals surface area contributed by atoms with Crippen LogP contribution in [0, 0.1) is 10.1 Å². The van der Waals surface area contributed by atoms with E-state index in [0.29, 0.717) is 5.46 Å². The molecule has 0 atom stereocenters. The van der Waals surface area contributed by atoms with Gasteiger partial charge < -0.3 is 9.68 Å². The highest BCUT2D eigenvalue weighted by Gasteiger charge is 2.19. The molecule has 1 N–H and O–H groups in total. The highest BCUT2D eigenvalue weighted by Crippen LogP contribution is 2.07. The average molecular weight is 193 g/mol. The molecule has 1 rings (SSSR count). The number of hydrogen-bond donors (Lipinski definition) is 1. The Labute approximate surface area is 80.9 Å². The van der Waals surface area contributed by atoms with Crippen LogP contribution in [-0.2, 0) is 4.65 Å². The van der Waals surface area contributed by atoms with Crippen molar-refractivity contribution in [3.05, 3.63) is 47.2 Å². The molecular weight excluding hydrogens is 185 g/mol. The Bertz CT molecular complexity index is 355. The summed E-state index contributed by atoms with van der Waals surface area (Å²) in [6.07, 6.45) is 1.07. The van der Waals surface area contributed by atoms with Gasteiger partial charge in [-0.2, -0.15) is 0 Å². The minimum atomic E-state index is -1.22. The molecule has 0 bridgehead atoms. The van der Waals surface area contributed by atoms with Crippen molar-refractivity contribution in [1.29, 1.82) is 0 Å². The lowest BCUT2D eigenvalue weighted by Gasteiger charge is -2.03. The van der Waals surface area contributed by atoms with Crippen LogP contribution in [-0.4, -0.2) is 17.1 Å². The number of rotatable bonds is 4. The monoisotopic (exact) mass is 193 g/mol. The first kappa shape index (κ1) is 10.3. The molecule has 0 aliphatic carbocycles. The van der Waals surface area contributed by atoms with Gasteiger partial charge in [-0.1, -0.05) is 18.7 Å². The molecule has 1 aromatic carbocycles. The van der Waals surface area contributed by atoms with E-state index in [1.807, 2.05) is 0 Å². The van der Waals surface area contributed by atoms with Gasteiger partial charge in [0.2, 0.25) is 0 Å². The van der Waals surface area contributed by atoms with Crippen LogP contribution in [0.15, 0.2) is 37.1 Å². The minimum Gasteiger partial charge on any atom is -0.539 e. The first-order valence-corrected chi connectivity index (χ1v) is 3.84. The summed E-state index contributed by atoms with van der Waals surface area (Å²) in [5, 5.41) is 19.7. The van der Waals surface area contributed by atoms with Gasteiger partial charge in [0.1, 0.15) is 0 Å². The molecule has 0 heterocycles. The zero-order valence-corrected chi connectivity index (χ0v) is 7.29. The Hall–Kier alpha value is -1.82. The van der Waals surface area contributed by atoms with Crippen LogP contribution in [0.1, 0.15) is 0 Å². The van der Waals surface area contributed by atoms with Gasteiger partial charge in [-0.25, -0.2) is 0 Å². The molecule has 1 aromatic rings. The van der Waals surface area contributed by atoms with Crippen LogP contribution in [0.3, 0.4) is 0 Å². The van der Waals surface area contributed by atoms with Gasteiger partial charge in [0.15, 0.2) is 0 Å². The molecular formula is C8H8BNO4. The predicted molar refractivity (Wildman–Crippen MR) is 52.0 cm³/mol. The smallest absolute Gasteiger partial charge is 0.539 e. The minimum absolute atomic E-state index is 0.0887. The average Bonchev–Trinajstić information content (AvgIpc) is 2.18. The van der Waals surface area contributed by atoms with Crippen LogP contribution < -0.4 is 5.46 Å². The molecule has 0 amide bonds. The summed E-state index contributed by atoms with van der Waals surface area (Å²) >= 11 is 0. The van der Waals surface area contributed by atoms with Gasteiger partial charge in [0.05, 0.1) is 11.2 Å². The second-order valence-electron chi connectivity index (χ2n) is 2.51. The molecule has 0 aromatic heterocycles. The summed E-state index contributed by atoms with van der Waals surface area (Å²) in [4.78, 5) is 9.86. The Kier molecular flexibility index (Phi) is 3.25. The molecule has 0 radical (unpaired) electrons. The van der Waals surface area contributed by atoms with Crippen LogP contribution >= 0.6 is 0 Å². The predicted octanol–water partition coefficient (Wildman–Crippen LogP) is 0.442. The fourth-order valence-electron chi connectivity index (χ4n) is 0.962. The van der Waals surface area contributed by atoms with Gasteiger partial charge in [-0.15, -0.1) is 0 Å². The highest BCUT2D eigenvalue weighted by atomic mass is 16.6. The van der Waals surface area contributed by atoms with Crippen molar-refractivity contribution in [2.45, 2.75) is 0 Å². The van der Waals surface area contributed by atoms with Crippen LogP contribution in [0.5, 0.6) is 0 Å². The maximum absolute atomic E-state index is 10.4. The number of non-ortho nitro benzene ring substituents is 1. The van der Waals surface area contributed by atoms with E-state index in [4.69, 9.17) is 0 Å². The number of benzene rings is 1. The molecule has 5 nitrogen and oxygen atoms in total. The lowest BCUT2D eigenvalue weighted by molar-refractivity contribution is -0.384. The van der Waals surface area contributed by atoms with E-state index >= 15 is 0 Å². The SMILES string of the molecule is C=COB(O)c1cccc([N+](=O)[O-])c1. The van der Waals surface area contributed by atoms with E-state index in [2.05, 4.69) is 11.2 Å². The zero-order chi connectivity index (χ0) is 10.6. The Balaban J connectivity index is 2.93. The molecule has 0 aliphatic heterocycles. The third kappa shape index (κ3) is 2.33. The number of nitro groups is 1. The fourth-order valence-corrected chi connectivity index (χ4v) is 0.962. The Morgan fingerprint density at radius 2 is 2.36 bits per heavy atom. The van der Waals surface area contributed by atoms with Crippen molar-refractivity contribution in [2.75, 3.05) is 0 Å². The van der Waals surface area contributed by atoms with E-state index in [0.717, 1.165) is 6.26 Å². The van der Waals surface area contributed by atoms with E-state index in [-0.39, 0.29) is 5.69 Å². The van der Waals surface area contributed by atoms with Crippen molar-refractivity contribution < 1.29 is 14.6 Å². The van der Waals surface area contributed by atoms with Crippen molar-refractivity contribution in [3.8, 4) is 0 Å². The normalized spacial score (nSPS) is 9.21. The van der Waals surface area contributed by atoms with Crippen molar-refractivity contribution in [1.82, 2.24) is 0 Å². The second-order valence-corrected chi connectivity index (χ2v) is 2.51. The molecule has 0 spiro atoms. The molecule has 0 aliphatic rings. The molecule has 0 unspecified atom stereocenters. The fraction of sp³-hybridized carbons (Fsp3) is 0. The second kappa shape index (κ2) is 4.43. The van der Waals surface area contributed by atoms with Crippen LogP contribution in [0.4, 0.5) is 5.69 Å². The van der Waals surface area contributed by atoms with Gasteiger partial charge >= 0.3 is 7.12 Å². The zero-order valence-electron chi connectivity index (χ0n) is 7.29. The summed E-state index contributed by atoms with van der Waals surface area (Å²) in [5.74, 6) is 0. The van der Waals surface area contributed by atoms with Crippen molar-refractivity contribution in [2.24, 2.45) is 0 Å². The van der Waals surface area contributed by atoms with Crippen molar-refractivity contribution in [3.63, 3.8) is 0 Å². The quantitative estimate of drug-likeness (QED) is 0.326. The van der Waals surface area contributed by atoms with E-state index in [9.17, 15) is 15.1 Å². The van der Waals surface area contributed by atoms with Crippen LogP contribution in [0.2, 0.25) is 0 Å². The number of nitrogens with zero attached hydrogens (tertiary/aromatic N) is 1. The first-order chi connectivity index (χ1) is 6.65. The summed E-state index contributed by atoms with van der Waals surface area (Å²) in [6, 6.07) is 5.59. The molecule has 0 fully saturated rings. The van der Waals surface area contributed by atoms with E-state index in [1.54, 1.807) is 0 Å². The summed E-state index contributed by atoms with van der Waals surface area (Å²) < 4.78 is 4.66. The standard InChI is InChI=1S/C8H8BNO4/c1-2-14-9(11)7-4-3-5-8(6-7)10(12)13/h2-6,11H,1H2. The largest absolute Gasteiger partial charge is 0.559 e. The van der Waals surface area contributed by atoms with Gasteiger partial charge in [-0.3, -0.25) is 10.1 Å². The summed E-state index contributed by atoms with van der Waals surface area (Å²) in [5.41, 5.74) is 0.230. The topological polar surface area (TPSA) is 72.6 Å². The number of hydrogen-bond acceptors (Lipinski definition) is 4. The first-order valence-electron chi connectivity index (χ1n) is 3.84. The molecule has 0 saturated heterocycles. The number of nitro benzene ring substituents is 1. The maximum Gasteiger partial charge on any atom is 0.559 e. The van der Waals surface area contributed by atoms with E-state index < -0.39 is 12.0 Å². The molecule has 72 valence electrons. The van der Waals surface area contributed by atoms with Gasteiger partial charge in [-0.05, 0) is 0 Å². The van der Waals surface area contributed by atoms with Gasteiger partial charge in [0, 0.05) is 17.6 Å². The third-order valence-corrected chi connectivity index (χ3v) is 1.59. The third-order valence-electron chi connectivity index (χ3n) is 1.59. The molecule has 14 heavy (non-hydrogen) atoms. The highest BCUT2D eigenvalue weighted by molar-refractivity contribution is 6.60. The lowest BCUT2D eigenvalue weighted by atomic mass is 9.79. The summed E-state index contributed by atoms with van der Waals surface area (Å²) in [7, 11) is -1.22. The molecule has 0 saturated carbocycles. The Morgan fingerprint density at radius 3 is 2.93 bits per heavy atom. The van der Waals surface area contributed by atoms with E-state index in [1.165, 1.54) is 24.3 Å². The lowest BCUT2D eigenvalue weighted by Crippen LogP contribution is -2.31.